The van der Waals surface area contributed by atoms with Crippen molar-refractivity contribution < 1.29 is 14.4 Å². The van der Waals surface area contributed by atoms with Gasteiger partial charge in [-0.15, -0.1) is 11.3 Å². The fourth-order valence-corrected chi connectivity index (χ4v) is 4.44. The lowest BCUT2D eigenvalue weighted by molar-refractivity contribution is -0.117. The first-order chi connectivity index (χ1) is 13.5. The summed E-state index contributed by atoms with van der Waals surface area (Å²) < 4.78 is 0. The van der Waals surface area contributed by atoms with Gasteiger partial charge in [-0.3, -0.25) is 14.4 Å². The second kappa shape index (κ2) is 8.05. The van der Waals surface area contributed by atoms with Crippen molar-refractivity contribution in [3.63, 3.8) is 0 Å². The molecule has 2 aromatic rings. The van der Waals surface area contributed by atoms with Crippen LogP contribution in [0.2, 0.25) is 5.02 Å². The molecule has 1 aromatic heterocycles. The van der Waals surface area contributed by atoms with E-state index in [0.29, 0.717) is 46.4 Å². The van der Waals surface area contributed by atoms with Crippen LogP contribution in [0.15, 0.2) is 36.4 Å². The standard InChI is InChI=1S/C21H21ClN2O3S/c22-16-5-3-13(4-6-16)19(25)14-9-11-24(12-10-14)21(27)17-7-8-18(28-17)23-20(26)15-1-2-15/h3-8,14-15H,1-2,9-12H2,(H,23,26). The highest BCUT2D eigenvalue weighted by atomic mass is 35.5. The summed E-state index contributed by atoms with van der Waals surface area (Å²) in [6.07, 6.45) is 3.22. The number of Topliss-reactive ketones (excluding diaryl/α,β-unsaturated/α-hetero) is 1. The summed E-state index contributed by atoms with van der Waals surface area (Å²) >= 11 is 7.20. The second-order valence-corrected chi connectivity index (χ2v) is 8.89. The molecule has 1 aliphatic heterocycles. The van der Waals surface area contributed by atoms with Crippen LogP contribution in [0, 0.1) is 11.8 Å². The van der Waals surface area contributed by atoms with Crippen molar-refractivity contribution >= 4 is 45.5 Å². The molecule has 0 spiro atoms. The molecule has 4 rings (SSSR count). The SMILES string of the molecule is O=C(Nc1ccc(C(=O)N2CCC(C(=O)c3ccc(Cl)cc3)CC2)s1)C1CC1. The molecule has 0 unspecified atom stereocenters. The van der Waals surface area contributed by atoms with Crippen LogP contribution in [-0.2, 0) is 4.79 Å². The maximum Gasteiger partial charge on any atom is 0.263 e. The summed E-state index contributed by atoms with van der Waals surface area (Å²) in [5.74, 6) is 0.196. The van der Waals surface area contributed by atoms with Crippen molar-refractivity contribution in [2.24, 2.45) is 11.8 Å². The molecule has 2 fully saturated rings. The van der Waals surface area contributed by atoms with E-state index in [2.05, 4.69) is 5.32 Å². The molecule has 5 nitrogen and oxygen atoms in total. The number of benzene rings is 1. The molecule has 1 aromatic carbocycles. The number of hydrogen-bond acceptors (Lipinski definition) is 4. The number of carbonyl (C=O) groups excluding carboxylic acids is 3. The average Bonchev–Trinajstić information content (AvgIpc) is 3.47. The van der Waals surface area contributed by atoms with Gasteiger partial charge in [0.15, 0.2) is 5.78 Å². The van der Waals surface area contributed by atoms with Crippen LogP contribution in [-0.4, -0.2) is 35.6 Å². The van der Waals surface area contributed by atoms with Gasteiger partial charge in [-0.1, -0.05) is 11.6 Å². The Morgan fingerprint density at radius 2 is 1.61 bits per heavy atom. The monoisotopic (exact) mass is 416 g/mol. The van der Waals surface area contributed by atoms with Gasteiger partial charge in [0.1, 0.15) is 0 Å². The Morgan fingerprint density at radius 1 is 0.929 bits per heavy atom. The zero-order valence-electron chi connectivity index (χ0n) is 15.3. The highest BCUT2D eigenvalue weighted by Gasteiger charge is 2.31. The lowest BCUT2D eigenvalue weighted by Crippen LogP contribution is -2.40. The van der Waals surface area contributed by atoms with Gasteiger partial charge in [0.25, 0.3) is 5.91 Å². The predicted octanol–water partition coefficient (Wildman–Crippen LogP) is 4.49. The van der Waals surface area contributed by atoms with Crippen LogP contribution in [0.3, 0.4) is 0 Å². The Labute approximate surface area is 172 Å². The van der Waals surface area contributed by atoms with Crippen LogP contribution in [0.1, 0.15) is 45.7 Å². The molecule has 0 atom stereocenters. The topological polar surface area (TPSA) is 66.5 Å². The second-order valence-electron chi connectivity index (χ2n) is 7.37. The molecule has 2 amide bonds. The van der Waals surface area contributed by atoms with Crippen molar-refractivity contribution in [1.29, 1.82) is 0 Å². The maximum absolute atomic E-state index is 12.8. The third-order valence-electron chi connectivity index (χ3n) is 5.29. The average molecular weight is 417 g/mol. The molecular formula is C21H21ClN2O3S. The van der Waals surface area contributed by atoms with E-state index in [0.717, 1.165) is 12.8 Å². The molecule has 2 heterocycles. The quantitative estimate of drug-likeness (QED) is 0.730. The van der Waals surface area contributed by atoms with Crippen LogP contribution in [0.25, 0.3) is 0 Å². The normalized spacial score (nSPS) is 17.4. The molecule has 28 heavy (non-hydrogen) atoms. The van der Waals surface area contributed by atoms with Gasteiger partial charge < -0.3 is 10.2 Å². The number of hydrogen-bond donors (Lipinski definition) is 1. The van der Waals surface area contributed by atoms with E-state index in [4.69, 9.17) is 11.6 Å². The summed E-state index contributed by atoms with van der Waals surface area (Å²) in [5, 5.41) is 4.21. The Bertz CT molecular complexity index is 897. The molecule has 146 valence electrons. The molecule has 7 heteroatoms. The van der Waals surface area contributed by atoms with Gasteiger partial charge in [-0.2, -0.15) is 0 Å². The molecule has 0 radical (unpaired) electrons. The van der Waals surface area contributed by atoms with Crippen LogP contribution in [0.4, 0.5) is 5.00 Å². The lowest BCUT2D eigenvalue weighted by Gasteiger charge is -2.31. The maximum atomic E-state index is 12.8. The highest BCUT2D eigenvalue weighted by Crippen LogP contribution is 2.32. The molecular weight excluding hydrogens is 396 g/mol. The van der Waals surface area contributed by atoms with Gasteiger partial charge in [0, 0.05) is 35.5 Å². The minimum Gasteiger partial charge on any atom is -0.338 e. The predicted molar refractivity (Wildman–Crippen MR) is 110 cm³/mol. The number of amides is 2. The number of nitrogens with zero attached hydrogens (tertiary/aromatic N) is 1. The van der Waals surface area contributed by atoms with Gasteiger partial charge in [0.05, 0.1) is 9.88 Å². The number of nitrogens with one attached hydrogen (secondary N) is 1. The first-order valence-corrected chi connectivity index (χ1v) is 10.7. The molecule has 1 N–H and O–H groups in total. The highest BCUT2D eigenvalue weighted by molar-refractivity contribution is 7.18. The first kappa shape index (κ1) is 19.2. The molecule has 1 saturated heterocycles. The minimum absolute atomic E-state index is 0.0330. The number of piperidine rings is 1. The van der Waals surface area contributed by atoms with Gasteiger partial charge in [-0.25, -0.2) is 0 Å². The van der Waals surface area contributed by atoms with Gasteiger partial charge in [-0.05, 0) is 62.1 Å². The minimum atomic E-state index is -0.0676. The Balaban J connectivity index is 1.32. The Hall–Kier alpha value is -2.18. The first-order valence-electron chi connectivity index (χ1n) is 9.51. The zero-order valence-corrected chi connectivity index (χ0v) is 16.9. The zero-order chi connectivity index (χ0) is 19.7. The summed E-state index contributed by atoms with van der Waals surface area (Å²) in [7, 11) is 0. The number of ketones is 1. The number of likely N-dealkylation sites (tertiary alicyclic amines) is 1. The van der Waals surface area contributed by atoms with Crippen molar-refractivity contribution in [3.8, 4) is 0 Å². The van der Waals surface area contributed by atoms with E-state index in [1.807, 2.05) is 0 Å². The van der Waals surface area contributed by atoms with E-state index in [1.165, 1.54) is 11.3 Å². The summed E-state index contributed by atoms with van der Waals surface area (Å²) in [6.45, 7) is 1.12. The number of halogens is 1. The van der Waals surface area contributed by atoms with E-state index >= 15 is 0 Å². The summed E-state index contributed by atoms with van der Waals surface area (Å²) in [5.41, 5.74) is 0.670. The smallest absolute Gasteiger partial charge is 0.263 e. The fourth-order valence-electron chi connectivity index (χ4n) is 3.44. The third-order valence-corrected chi connectivity index (χ3v) is 6.53. The van der Waals surface area contributed by atoms with Crippen LogP contribution in [0.5, 0.6) is 0 Å². The molecule has 0 bridgehead atoms. The fraction of sp³-hybridized carbons (Fsp3) is 0.381. The van der Waals surface area contributed by atoms with E-state index < -0.39 is 0 Å². The van der Waals surface area contributed by atoms with Crippen molar-refractivity contribution in [1.82, 2.24) is 4.90 Å². The third kappa shape index (κ3) is 4.28. The number of anilines is 1. The number of thiophene rings is 1. The lowest BCUT2D eigenvalue weighted by atomic mass is 9.89. The largest absolute Gasteiger partial charge is 0.338 e. The van der Waals surface area contributed by atoms with Crippen molar-refractivity contribution in [2.75, 3.05) is 18.4 Å². The van der Waals surface area contributed by atoms with Crippen molar-refractivity contribution in [3.05, 3.63) is 51.9 Å². The van der Waals surface area contributed by atoms with Gasteiger partial charge >= 0.3 is 0 Å². The van der Waals surface area contributed by atoms with Gasteiger partial charge in [0.2, 0.25) is 5.91 Å². The molecule has 2 aliphatic rings. The number of rotatable bonds is 5. The molecule has 1 saturated carbocycles. The Morgan fingerprint density at radius 3 is 2.25 bits per heavy atom. The van der Waals surface area contributed by atoms with E-state index in [1.54, 1.807) is 41.3 Å². The summed E-state index contributed by atoms with van der Waals surface area (Å²) in [4.78, 5) is 39.7. The van der Waals surface area contributed by atoms with Crippen molar-refractivity contribution in [2.45, 2.75) is 25.7 Å². The number of carbonyl (C=O) groups is 3. The molecule has 1 aliphatic carbocycles. The van der Waals surface area contributed by atoms with Crippen LogP contribution < -0.4 is 5.32 Å². The summed E-state index contributed by atoms with van der Waals surface area (Å²) in [6, 6.07) is 10.5. The van der Waals surface area contributed by atoms with E-state index in [9.17, 15) is 14.4 Å². The Kier molecular flexibility index (Phi) is 5.51. The van der Waals surface area contributed by atoms with Crippen LogP contribution >= 0.6 is 22.9 Å². The van der Waals surface area contributed by atoms with E-state index in [-0.39, 0.29) is 29.4 Å².